The minimum atomic E-state index is -4.51. The number of methoxy groups -OCH3 is 1. The van der Waals surface area contributed by atoms with E-state index in [0.29, 0.717) is 32.5 Å². The molecule has 0 bridgehead atoms. The molecular formula is C39H39F3N4O3S. The monoisotopic (exact) mass is 700 g/mol. The van der Waals surface area contributed by atoms with E-state index in [1.54, 1.807) is 18.9 Å². The summed E-state index contributed by atoms with van der Waals surface area (Å²) in [5.41, 5.74) is 4.08. The van der Waals surface area contributed by atoms with Gasteiger partial charge in [0.1, 0.15) is 17.7 Å². The van der Waals surface area contributed by atoms with E-state index in [1.165, 1.54) is 0 Å². The number of piperazine rings is 1. The second-order valence-corrected chi connectivity index (χ2v) is 14.2. The SMILES string of the molecule is COc1cccc(CN2Cc3ccc(N4CCN(CCCC5(C(=O)NCC(F)(F)F)c6ccccc6Sc6ccccc65)CC4)cc3C2=O)c1. The van der Waals surface area contributed by atoms with Crippen molar-refractivity contribution in [1.29, 1.82) is 0 Å². The third-order valence-corrected chi connectivity index (χ3v) is 11.1. The number of nitrogens with one attached hydrogen (secondary N) is 1. The summed E-state index contributed by atoms with van der Waals surface area (Å²) in [7, 11) is 1.63. The average Bonchev–Trinajstić information content (AvgIpc) is 3.43. The zero-order valence-electron chi connectivity index (χ0n) is 27.8. The summed E-state index contributed by atoms with van der Waals surface area (Å²) in [6.45, 7) is 3.57. The second-order valence-electron chi connectivity index (χ2n) is 13.1. The molecule has 1 fully saturated rings. The van der Waals surface area contributed by atoms with Gasteiger partial charge in [-0.25, -0.2) is 0 Å². The number of hydrogen-bond acceptors (Lipinski definition) is 6. The Morgan fingerprint density at radius 2 is 1.60 bits per heavy atom. The van der Waals surface area contributed by atoms with Crippen molar-refractivity contribution < 1.29 is 27.5 Å². The van der Waals surface area contributed by atoms with E-state index >= 15 is 0 Å². The first kappa shape index (κ1) is 34.0. The van der Waals surface area contributed by atoms with Gasteiger partial charge in [-0.15, -0.1) is 0 Å². The van der Waals surface area contributed by atoms with Crippen molar-refractivity contribution in [1.82, 2.24) is 15.1 Å². The Balaban J connectivity index is 1.01. The molecule has 4 aromatic rings. The molecule has 4 aromatic carbocycles. The highest BCUT2D eigenvalue weighted by atomic mass is 32.2. The maximum absolute atomic E-state index is 13.9. The molecule has 2 amide bonds. The smallest absolute Gasteiger partial charge is 0.405 e. The minimum Gasteiger partial charge on any atom is -0.497 e. The van der Waals surface area contributed by atoms with Crippen molar-refractivity contribution in [2.45, 2.75) is 47.3 Å². The largest absolute Gasteiger partial charge is 0.497 e. The van der Waals surface area contributed by atoms with E-state index in [-0.39, 0.29) is 5.91 Å². The minimum absolute atomic E-state index is 0.0285. The molecule has 3 aliphatic rings. The highest BCUT2D eigenvalue weighted by Crippen LogP contribution is 2.51. The predicted octanol–water partition coefficient (Wildman–Crippen LogP) is 6.88. The fraction of sp³-hybridized carbons (Fsp3) is 0.333. The molecule has 0 aromatic heterocycles. The standard InChI is InChI=1S/C39H39F3N4O3S/c1-49-30-9-6-8-27(22-30)24-46-25-28-14-15-29(23-31(28)36(46)47)45-20-18-44(19-21-45)17-7-16-38(37(48)43-26-39(40,41)42)32-10-2-4-12-34(32)50-35-13-5-3-11-33(35)38/h2-6,8-15,22-23H,7,16-21,24-26H2,1H3,(H,43,48). The lowest BCUT2D eigenvalue weighted by Crippen LogP contribution is -2.50. The predicted molar refractivity (Wildman–Crippen MR) is 188 cm³/mol. The highest BCUT2D eigenvalue weighted by molar-refractivity contribution is 7.99. The Hall–Kier alpha value is -4.48. The summed E-state index contributed by atoms with van der Waals surface area (Å²) in [6.07, 6.45) is -3.50. The van der Waals surface area contributed by atoms with E-state index in [9.17, 15) is 22.8 Å². The van der Waals surface area contributed by atoms with Crippen molar-refractivity contribution in [3.63, 3.8) is 0 Å². The molecule has 0 atom stereocenters. The number of anilines is 1. The van der Waals surface area contributed by atoms with Gasteiger partial charge < -0.3 is 19.9 Å². The summed E-state index contributed by atoms with van der Waals surface area (Å²) < 4.78 is 45.2. The fourth-order valence-electron chi connectivity index (χ4n) is 7.50. The van der Waals surface area contributed by atoms with E-state index in [4.69, 9.17) is 4.74 Å². The maximum atomic E-state index is 13.9. The van der Waals surface area contributed by atoms with E-state index < -0.39 is 24.0 Å². The Labute approximate surface area is 294 Å². The van der Waals surface area contributed by atoms with Crippen LogP contribution in [0.25, 0.3) is 0 Å². The van der Waals surface area contributed by atoms with Crippen molar-refractivity contribution in [2.75, 3.05) is 51.3 Å². The van der Waals surface area contributed by atoms with E-state index in [0.717, 1.165) is 75.2 Å². The molecule has 50 heavy (non-hydrogen) atoms. The van der Waals surface area contributed by atoms with Gasteiger partial charge >= 0.3 is 6.18 Å². The fourth-order valence-corrected chi connectivity index (χ4v) is 8.74. The van der Waals surface area contributed by atoms with Crippen LogP contribution in [-0.4, -0.2) is 74.2 Å². The maximum Gasteiger partial charge on any atom is 0.405 e. The lowest BCUT2D eigenvalue weighted by molar-refractivity contribution is -0.141. The average molecular weight is 701 g/mol. The van der Waals surface area contributed by atoms with Crippen LogP contribution in [0.15, 0.2) is 101 Å². The zero-order valence-corrected chi connectivity index (χ0v) is 28.7. The number of carbonyl (C=O) groups excluding carboxylic acids is 2. The highest BCUT2D eigenvalue weighted by Gasteiger charge is 2.47. The number of carbonyl (C=O) groups is 2. The summed E-state index contributed by atoms with van der Waals surface area (Å²) in [5.74, 6) is 0.177. The Bertz CT molecular complexity index is 1850. The van der Waals surface area contributed by atoms with Crippen LogP contribution in [-0.2, 0) is 23.3 Å². The summed E-state index contributed by atoms with van der Waals surface area (Å²) >= 11 is 1.55. The van der Waals surface area contributed by atoms with Gasteiger partial charge in [-0.2, -0.15) is 13.2 Å². The molecule has 0 spiro atoms. The van der Waals surface area contributed by atoms with Crippen molar-refractivity contribution >= 4 is 29.3 Å². The Morgan fingerprint density at radius 1 is 0.900 bits per heavy atom. The Morgan fingerprint density at radius 3 is 2.28 bits per heavy atom. The molecule has 0 saturated carbocycles. The number of hydrogen-bond donors (Lipinski definition) is 1. The number of rotatable bonds is 10. The molecule has 11 heteroatoms. The van der Waals surface area contributed by atoms with Crippen LogP contribution in [0.1, 0.15) is 45.5 Å². The molecule has 0 unspecified atom stereocenters. The number of ether oxygens (including phenoxy) is 1. The molecule has 1 saturated heterocycles. The number of halogens is 3. The molecule has 3 heterocycles. The van der Waals surface area contributed by atoms with Gasteiger partial charge in [0.25, 0.3) is 5.91 Å². The third kappa shape index (κ3) is 6.81. The zero-order chi connectivity index (χ0) is 34.9. The summed E-state index contributed by atoms with van der Waals surface area (Å²) in [4.78, 5) is 35.6. The molecule has 0 radical (unpaired) electrons. The van der Waals surface area contributed by atoms with Crippen LogP contribution in [0.4, 0.5) is 18.9 Å². The van der Waals surface area contributed by atoms with Gasteiger partial charge in [0.05, 0.1) is 7.11 Å². The molecule has 3 aliphatic heterocycles. The number of amides is 2. The molecule has 1 N–H and O–H groups in total. The van der Waals surface area contributed by atoms with Crippen LogP contribution in [0, 0.1) is 0 Å². The quantitative estimate of drug-likeness (QED) is 0.195. The summed E-state index contributed by atoms with van der Waals surface area (Å²) in [6, 6.07) is 29.1. The van der Waals surface area contributed by atoms with Crippen LogP contribution >= 0.6 is 11.8 Å². The first-order valence-electron chi connectivity index (χ1n) is 16.9. The van der Waals surface area contributed by atoms with Gasteiger partial charge in [0.2, 0.25) is 5.91 Å². The first-order chi connectivity index (χ1) is 24.1. The lowest BCUT2D eigenvalue weighted by atomic mass is 9.70. The van der Waals surface area contributed by atoms with Crippen molar-refractivity contribution in [2.24, 2.45) is 0 Å². The number of nitrogens with zero attached hydrogens (tertiary/aromatic N) is 3. The van der Waals surface area contributed by atoms with Crippen molar-refractivity contribution in [3.05, 3.63) is 119 Å². The van der Waals surface area contributed by atoms with Crippen LogP contribution in [0.2, 0.25) is 0 Å². The topological polar surface area (TPSA) is 65.1 Å². The molecule has 260 valence electrons. The number of fused-ring (bicyclic) bond motifs is 3. The Kier molecular flexibility index (Phi) is 9.54. The second kappa shape index (κ2) is 14.0. The van der Waals surface area contributed by atoms with Crippen molar-refractivity contribution in [3.8, 4) is 5.75 Å². The third-order valence-electron chi connectivity index (χ3n) is 9.99. The van der Waals surface area contributed by atoms with Crippen LogP contribution in [0.5, 0.6) is 5.75 Å². The van der Waals surface area contributed by atoms with Crippen LogP contribution in [0.3, 0.4) is 0 Å². The van der Waals surface area contributed by atoms with Gasteiger partial charge in [-0.05, 0) is 78.0 Å². The number of benzene rings is 4. The van der Waals surface area contributed by atoms with Crippen LogP contribution < -0.4 is 15.0 Å². The van der Waals surface area contributed by atoms with Gasteiger partial charge in [0, 0.05) is 60.3 Å². The van der Waals surface area contributed by atoms with Gasteiger partial charge in [-0.3, -0.25) is 14.5 Å². The lowest BCUT2D eigenvalue weighted by Gasteiger charge is -2.40. The normalized spacial score (nSPS) is 16.8. The van der Waals surface area contributed by atoms with Gasteiger partial charge in [0.15, 0.2) is 0 Å². The van der Waals surface area contributed by atoms with E-state index in [1.807, 2.05) is 83.8 Å². The molecule has 7 nitrogen and oxygen atoms in total. The molecule has 7 rings (SSSR count). The number of alkyl halides is 3. The molecular weight excluding hydrogens is 662 g/mol. The molecule has 0 aliphatic carbocycles. The first-order valence-corrected chi connectivity index (χ1v) is 17.7. The summed E-state index contributed by atoms with van der Waals surface area (Å²) in [5, 5.41) is 2.24. The van der Waals surface area contributed by atoms with E-state index in [2.05, 4.69) is 27.2 Å². The van der Waals surface area contributed by atoms with Gasteiger partial charge in [-0.1, -0.05) is 66.4 Å².